The van der Waals surface area contributed by atoms with Gasteiger partial charge in [-0.3, -0.25) is 4.99 Å². The predicted molar refractivity (Wildman–Crippen MR) is 94.2 cm³/mol. The number of aliphatic hydroxyl groups is 1. The van der Waals surface area contributed by atoms with Crippen LogP contribution in [0.25, 0.3) is 0 Å². The lowest BCUT2D eigenvalue weighted by atomic mass is 10.1. The molecule has 1 heterocycles. The molecule has 0 saturated heterocycles. The Labute approximate surface area is 153 Å². The van der Waals surface area contributed by atoms with Crippen LogP contribution in [0.1, 0.15) is 18.1 Å². The highest BCUT2D eigenvalue weighted by Gasteiger charge is 2.27. The fourth-order valence-electron chi connectivity index (χ4n) is 1.82. The predicted octanol–water partition coefficient (Wildman–Crippen LogP) is 2.83. The molecule has 0 saturated carbocycles. The van der Waals surface area contributed by atoms with Crippen LogP contribution in [-0.4, -0.2) is 33.6 Å². The summed E-state index contributed by atoms with van der Waals surface area (Å²) >= 11 is 5.78. The molecule has 0 aliphatic rings. The second kappa shape index (κ2) is 8.63. The average molecular weight is 384 g/mol. The van der Waals surface area contributed by atoms with E-state index in [0.717, 1.165) is 6.92 Å². The van der Waals surface area contributed by atoms with Crippen molar-refractivity contribution in [2.45, 2.75) is 19.5 Å². The van der Waals surface area contributed by atoms with Crippen LogP contribution in [0.15, 0.2) is 40.7 Å². The molecule has 1 aromatic heterocycles. The highest BCUT2D eigenvalue weighted by Crippen LogP contribution is 2.35. The van der Waals surface area contributed by atoms with E-state index in [-0.39, 0.29) is 41.2 Å². The Morgan fingerprint density at radius 3 is 2.65 bits per heavy atom. The summed E-state index contributed by atoms with van der Waals surface area (Å²) < 4.78 is 32.3. The third-order valence-corrected chi connectivity index (χ3v) is 3.49. The molecule has 0 aliphatic heterocycles. The van der Waals surface area contributed by atoms with Crippen molar-refractivity contribution in [1.29, 1.82) is 0 Å². The fourth-order valence-corrected chi connectivity index (χ4v) is 2.11. The number of hydrogen-bond acceptors (Lipinski definition) is 7. The summed E-state index contributed by atoms with van der Waals surface area (Å²) in [5.41, 5.74) is 0.710. The molecule has 0 fully saturated rings. The van der Waals surface area contributed by atoms with Crippen LogP contribution in [0.2, 0.25) is 5.02 Å². The Morgan fingerprint density at radius 2 is 2.08 bits per heavy atom. The number of rotatable bonds is 7. The van der Waals surface area contributed by atoms with Crippen LogP contribution in [0, 0.1) is 0 Å². The lowest BCUT2D eigenvalue weighted by molar-refractivity contribution is 0.0176. The number of ether oxygens (including phenoxy) is 1. The molecule has 26 heavy (non-hydrogen) atoms. The third kappa shape index (κ3) is 5.43. The monoisotopic (exact) mass is 383 g/mol. The first-order chi connectivity index (χ1) is 12.3. The Bertz CT molecular complexity index is 807. The van der Waals surface area contributed by atoms with Gasteiger partial charge >= 0.3 is 6.01 Å². The van der Waals surface area contributed by atoms with Gasteiger partial charge in [-0.25, -0.2) is 18.7 Å². The number of hydrogen-bond donors (Lipinski definition) is 2. The first-order valence-electron chi connectivity index (χ1n) is 7.36. The van der Waals surface area contributed by atoms with Crippen molar-refractivity contribution in [3.8, 4) is 6.01 Å². The normalized spacial score (nSPS) is 12.6. The molecular weight excluding hydrogens is 368 g/mol. The Hall–Kier alpha value is -2.65. The van der Waals surface area contributed by atoms with E-state index in [1.54, 1.807) is 0 Å². The van der Waals surface area contributed by atoms with Gasteiger partial charge in [0.15, 0.2) is 0 Å². The van der Waals surface area contributed by atoms with Crippen LogP contribution in [-0.2, 0) is 12.5 Å². The van der Waals surface area contributed by atoms with Gasteiger partial charge in [0.1, 0.15) is 12.3 Å². The van der Waals surface area contributed by atoms with Crippen LogP contribution in [0.4, 0.5) is 14.5 Å². The summed E-state index contributed by atoms with van der Waals surface area (Å²) in [5.74, 6) is 2.18. The Kier molecular flexibility index (Phi) is 6.53. The maximum atomic E-state index is 13.5. The minimum atomic E-state index is -3.09. The second-order valence-electron chi connectivity index (χ2n) is 5.25. The maximum absolute atomic E-state index is 13.5. The average Bonchev–Trinajstić information content (AvgIpc) is 2.62. The van der Waals surface area contributed by atoms with E-state index in [1.807, 2.05) is 0 Å². The van der Waals surface area contributed by atoms with Crippen molar-refractivity contribution in [3.63, 3.8) is 0 Å². The molecule has 3 N–H and O–H groups in total. The smallest absolute Gasteiger partial charge is 0.316 e. The van der Waals surface area contributed by atoms with E-state index in [0.29, 0.717) is 5.56 Å². The zero-order valence-electron chi connectivity index (χ0n) is 13.7. The van der Waals surface area contributed by atoms with Gasteiger partial charge in [0.05, 0.1) is 18.5 Å². The van der Waals surface area contributed by atoms with Crippen LogP contribution in [0.5, 0.6) is 6.01 Å². The number of benzene rings is 1. The second-order valence-corrected chi connectivity index (χ2v) is 5.66. The van der Waals surface area contributed by atoms with E-state index in [2.05, 4.69) is 20.1 Å². The minimum Gasteiger partial charge on any atom is -0.457 e. The van der Waals surface area contributed by atoms with Crippen molar-refractivity contribution < 1.29 is 18.6 Å². The van der Waals surface area contributed by atoms with Gasteiger partial charge in [0, 0.05) is 35.5 Å². The van der Waals surface area contributed by atoms with Crippen molar-refractivity contribution in [3.05, 3.63) is 46.7 Å². The molecule has 10 heteroatoms. The standard InChI is InChI=1S/C16H16ClF2N5O2/c1-16(18,19)13-4-11(2-3-14(13)17)21-7-12(24-20)9-26-15-22-5-10(8-25)6-23-15/h2-7,25H,8-9,20H2,1H3. The summed E-state index contributed by atoms with van der Waals surface area (Å²) in [5, 5.41) is 12.4. The summed E-state index contributed by atoms with van der Waals surface area (Å²) in [6, 6.07) is 4.08. The number of aliphatic imine (C=N–C) groups is 1. The van der Waals surface area contributed by atoms with Crippen molar-refractivity contribution in [2.75, 3.05) is 6.61 Å². The van der Waals surface area contributed by atoms with E-state index in [1.165, 1.54) is 36.8 Å². The van der Waals surface area contributed by atoms with Crippen LogP contribution < -0.4 is 10.6 Å². The first-order valence-corrected chi connectivity index (χ1v) is 7.74. The molecule has 0 aliphatic carbocycles. The number of nitrogens with zero attached hydrogens (tertiary/aromatic N) is 4. The van der Waals surface area contributed by atoms with Gasteiger partial charge < -0.3 is 15.7 Å². The molecule has 0 atom stereocenters. The molecule has 0 radical (unpaired) electrons. The summed E-state index contributed by atoms with van der Waals surface area (Å²) in [6.07, 6.45) is 4.11. The van der Waals surface area contributed by atoms with Gasteiger partial charge in [-0.2, -0.15) is 5.10 Å². The Balaban J connectivity index is 2.05. The molecular formula is C16H16ClF2N5O2. The van der Waals surface area contributed by atoms with Gasteiger partial charge in [0.25, 0.3) is 5.92 Å². The highest BCUT2D eigenvalue weighted by molar-refractivity contribution is 6.32. The highest BCUT2D eigenvalue weighted by atomic mass is 35.5. The Morgan fingerprint density at radius 1 is 1.38 bits per heavy atom. The molecule has 138 valence electrons. The third-order valence-electron chi connectivity index (χ3n) is 3.16. The van der Waals surface area contributed by atoms with E-state index in [9.17, 15) is 8.78 Å². The zero-order valence-corrected chi connectivity index (χ0v) is 14.5. The molecule has 0 spiro atoms. The molecule has 0 bridgehead atoms. The van der Waals surface area contributed by atoms with Gasteiger partial charge in [-0.1, -0.05) is 11.6 Å². The lowest BCUT2D eigenvalue weighted by Crippen LogP contribution is -2.16. The quantitative estimate of drug-likeness (QED) is 0.434. The number of halogens is 3. The van der Waals surface area contributed by atoms with E-state index >= 15 is 0 Å². The largest absolute Gasteiger partial charge is 0.457 e. The lowest BCUT2D eigenvalue weighted by Gasteiger charge is -2.12. The summed E-state index contributed by atoms with van der Waals surface area (Å²) in [7, 11) is 0. The van der Waals surface area contributed by atoms with Crippen LogP contribution >= 0.6 is 11.6 Å². The molecule has 0 amide bonds. The zero-order chi connectivity index (χ0) is 19.2. The molecule has 1 aromatic carbocycles. The fraction of sp³-hybridized carbons (Fsp3) is 0.250. The molecule has 0 unspecified atom stereocenters. The van der Waals surface area contributed by atoms with Crippen molar-refractivity contribution >= 4 is 29.2 Å². The van der Waals surface area contributed by atoms with Gasteiger partial charge in [-0.05, 0) is 18.2 Å². The van der Waals surface area contributed by atoms with Gasteiger partial charge in [0.2, 0.25) is 0 Å². The maximum Gasteiger partial charge on any atom is 0.316 e. The number of aromatic nitrogens is 2. The number of aliphatic hydroxyl groups excluding tert-OH is 1. The minimum absolute atomic E-state index is 0.0454. The topological polar surface area (TPSA) is 106 Å². The van der Waals surface area contributed by atoms with Crippen molar-refractivity contribution in [1.82, 2.24) is 9.97 Å². The molecule has 2 rings (SSSR count). The number of nitrogens with two attached hydrogens (primary N) is 1. The number of hydrazone groups is 1. The molecule has 7 nitrogen and oxygen atoms in total. The summed E-state index contributed by atoms with van der Waals surface area (Å²) in [6.45, 7) is 0.496. The summed E-state index contributed by atoms with van der Waals surface area (Å²) in [4.78, 5) is 11.8. The SMILES string of the molecule is CC(F)(F)c1cc(N=CC(COc2ncc(CO)cn2)=NN)ccc1Cl. The molecule has 2 aromatic rings. The van der Waals surface area contributed by atoms with E-state index in [4.69, 9.17) is 27.3 Å². The van der Waals surface area contributed by atoms with Crippen molar-refractivity contribution in [2.24, 2.45) is 15.9 Å². The van der Waals surface area contributed by atoms with Gasteiger partial charge in [-0.15, -0.1) is 0 Å². The first kappa shape index (κ1) is 19.7. The number of alkyl halides is 2. The van der Waals surface area contributed by atoms with Crippen LogP contribution in [0.3, 0.4) is 0 Å². The van der Waals surface area contributed by atoms with E-state index < -0.39 is 5.92 Å².